The summed E-state index contributed by atoms with van der Waals surface area (Å²) in [5, 5.41) is 0. The smallest absolute Gasteiger partial charge is 0.163 e. The van der Waals surface area contributed by atoms with Crippen molar-refractivity contribution in [2.75, 3.05) is 14.2 Å². The van der Waals surface area contributed by atoms with Crippen LogP contribution >= 0.6 is 0 Å². The van der Waals surface area contributed by atoms with E-state index < -0.39 is 0 Å². The number of benzene rings is 2. The number of fused-ring (bicyclic) bond motifs is 2. The Morgan fingerprint density at radius 2 is 1.29 bits per heavy atom. The van der Waals surface area contributed by atoms with E-state index in [4.69, 9.17) is 9.47 Å². The van der Waals surface area contributed by atoms with E-state index in [9.17, 15) is 9.59 Å². The van der Waals surface area contributed by atoms with Crippen LogP contribution in [0.5, 0.6) is 11.5 Å². The molecule has 0 aliphatic heterocycles. The van der Waals surface area contributed by atoms with Crippen molar-refractivity contribution in [2.45, 2.75) is 25.7 Å². The lowest BCUT2D eigenvalue weighted by Gasteiger charge is -2.09. The van der Waals surface area contributed by atoms with Gasteiger partial charge in [-0.2, -0.15) is 0 Å². The third-order valence-electron chi connectivity index (χ3n) is 4.47. The fraction of sp³-hybridized carbons (Fsp3) is 0.300. The first kappa shape index (κ1) is 16.2. The summed E-state index contributed by atoms with van der Waals surface area (Å²) >= 11 is 0. The van der Waals surface area contributed by atoms with E-state index in [1.54, 1.807) is 20.3 Å². The third kappa shape index (κ3) is 3.04. The summed E-state index contributed by atoms with van der Waals surface area (Å²) in [6.45, 7) is 0. The number of carbonyl (C=O) groups excluding carboxylic acids is 2. The van der Waals surface area contributed by atoms with Crippen molar-refractivity contribution in [1.29, 1.82) is 0 Å². The molecule has 0 fully saturated rings. The number of ketones is 2. The van der Waals surface area contributed by atoms with Gasteiger partial charge in [0.05, 0.1) is 14.2 Å². The average Bonchev–Trinajstić information content (AvgIpc) is 3.18. The van der Waals surface area contributed by atoms with Crippen molar-refractivity contribution < 1.29 is 19.1 Å². The number of Topliss-reactive ketones (excluding diaryl/α,β-unsaturated/α-hetero) is 2. The summed E-state index contributed by atoms with van der Waals surface area (Å²) in [5.41, 5.74) is 3.99. The number of rotatable bonds is 2. The Kier molecular flexibility index (Phi) is 4.65. The minimum atomic E-state index is 0.195. The molecule has 4 rings (SSSR count). The molecule has 24 heavy (non-hydrogen) atoms. The van der Waals surface area contributed by atoms with Crippen molar-refractivity contribution in [2.24, 2.45) is 0 Å². The molecule has 0 bridgehead atoms. The molecule has 0 amide bonds. The van der Waals surface area contributed by atoms with Crippen LogP contribution in [0.25, 0.3) is 0 Å². The highest BCUT2D eigenvalue weighted by Gasteiger charge is 2.22. The molecule has 2 aliphatic carbocycles. The molecule has 0 aromatic heterocycles. The van der Waals surface area contributed by atoms with E-state index in [0.29, 0.717) is 30.1 Å². The van der Waals surface area contributed by atoms with Gasteiger partial charge in [-0.1, -0.05) is 24.3 Å². The number of methoxy groups -OCH3 is 2. The number of ether oxygens (including phenoxy) is 2. The molecule has 0 saturated carbocycles. The van der Waals surface area contributed by atoms with Gasteiger partial charge in [0.1, 0.15) is 0 Å². The molecule has 0 spiro atoms. The standard InChI is InChI=1S/C11H12O3.C9H8O/c1-13-10-5-7-3-4-9(12)8(7)6-11(10)14-2;10-9-6-5-7-3-1-2-4-8(7)9/h5-6H,3-4H2,1-2H3;1-4H,5-6H2. The molecule has 0 unspecified atom stereocenters. The van der Waals surface area contributed by atoms with Crippen LogP contribution < -0.4 is 9.47 Å². The van der Waals surface area contributed by atoms with Crippen LogP contribution in [-0.4, -0.2) is 25.8 Å². The summed E-state index contributed by atoms with van der Waals surface area (Å²) < 4.78 is 10.3. The summed E-state index contributed by atoms with van der Waals surface area (Å²) in [5.74, 6) is 1.82. The number of hydrogen-bond acceptors (Lipinski definition) is 4. The van der Waals surface area contributed by atoms with Gasteiger partial charge in [0.15, 0.2) is 23.1 Å². The monoisotopic (exact) mass is 324 g/mol. The largest absolute Gasteiger partial charge is 0.493 e. The zero-order chi connectivity index (χ0) is 17.1. The molecule has 124 valence electrons. The van der Waals surface area contributed by atoms with E-state index in [-0.39, 0.29) is 5.78 Å². The van der Waals surface area contributed by atoms with E-state index in [2.05, 4.69) is 0 Å². The van der Waals surface area contributed by atoms with E-state index in [1.165, 1.54) is 5.56 Å². The van der Waals surface area contributed by atoms with Crippen LogP contribution in [0.15, 0.2) is 36.4 Å². The summed E-state index contributed by atoms with van der Waals surface area (Å²) in [6, 6.07) is 11.5. The Balaban J connectivity index is 0.000000149. The van der Waals surface area contributed by atoms with Gasteiger partial charge in [0.25, 0.3) is 0 Å². The number of aryl methyl sites for hydroxylation is 2. The highest BCUT2D eigenvalue weighted by Crippen LogP contribution is 2.34. The van der Waals surface area contributed by atoms with Crippen molar-refractivity contribution in [3.63, 3.8) is 0 Å². The molecule has 0 radical (unpaired) electrons. The second kappa shape index (κ2) is 6.87. The van der Waals surface area contributed by atoms with Gasteiger partial charge in [-0.3, -0.25) is 9.59 Å². The zero-order valence-electron chi connectivity index (χ0n) is 13.9. The maximum Gasteiger partial charge on any atom is 0.163 e. The fourth-order valence-corrected chi connectivity index (χ4v) is 3.16. The second-order valence-electron chi connectivity index (χ2n) is 5.87. The van der Waals surface area contributed by atoms with Crippen LogP contribution in [-0.2, 0) is 12.8 Å². The lowest BCUT2D eigenvalue weighted by Crippen LogP contribution is -1.96. The van der Waals surface area contributed by atoms with Crippen molar-refractivity contribution in [3.8, 4) is 11.5 Å². The van der Waals surface area contributed by atoms with E-state index in [1.807, 2.05) is 30.3 Å². The van der Waals surface area contributed by atoms with Gasteiger partial charge >= 0.3 is 0 Å². The maximum atomic E-state index is 11.4. The predicted molar refractivity (Wildman–Crippen MR) is 91.3 cm³/mol. The Morgan fingerprint density at radius 3 is 1.96 bits per heavy atom. The zero-order valence-corrected chi connectivity index (χ0v) is 13.9. The minimum Gasteiger partial charge on any atom is -0.493 e. The molecule has 0 heterocycles. The Hall–Kier alpha value is -2.62. The topological polar surface area (TPSA) is 52.6 Å². The highest BCUT2D eigenvalue weighted by atomic mass is 16.5. The second-order valence-corrected chi connectivity index (χ2v) is 5.87. The van der Waals surface area contributed by atoms with Crippen LogP contribution in [0.4, 0.5) is 0 Å². The highest BCUT2D eigenvalue weighted by molar-refractivity contribution is 6.01. The van der Waals surface area contributed by atoms with Crippen LogP contribution in [0.2, 0.25) is 0 Å². The molecule has 2 aliphatic rings. The molecule has 2 aromatic rings. The van der Waals surface area contributed by atoms with Gasteiger partial charge in [-0.05, 0) is 36.1 Å². The average molecular weight is 324 g/mol. The molecule has 4 nitrogen and oxygen atoms in total. The molecule has 0 N–H and O–H groups in total. The molecular weight excluding hydrogens is 304 g/mol. The van der Waals surface area contributed by atoms with Gasteiger partial charge in [-0.15, -0.1) is 0 Å². The van der Waals surface area contributed by atoms with Crippen LogP contribution in [0.1, 0.15) is 44.7 Å². The Morgan fingerprint density at radius 1 is 0.708 bits per heavy atom. The Labute approximate surface area is 141 Å². The molecule has 4 heteroatoms. The van der Waals surface area contributed by atoms with Gasteiger partial charge < -0.3 is 9.47 Å². The normalized spacial score (nSPS) is 14.6. The van der Waals surface area contributed by atoms with Crippen LogP contribution in [0, 0.1) is 0 Å². The third-order valence-corrected chi connectivity index (χ3v) is 4.47. The fourth-order valence-electron chi connectivity index (χ4n) is 3.16. The van der Waals surface area contributed by atoms with Crippen molar-refractivity contribution in [3.05, 3.63) is 58.7 Å². The maximum absolute atomic E-state index is 11.4. The van der Waals surface area contributed by atoms with E-state index >= 15 is 0 Å². The Bertz CT molecular complexity index is 792. The first-order valence-corrected chi connectivity index (χ1v) is 8.03. The summed E-state index contributed by atoms with van der Waals surface area (Å²) in [4.78, 5) is 22.5. The molecule has 0 saturated heterocycles. The molecule has 2 aromatic carbocycles. The van der Waals surface area contributed by atoms with Crippen molar-refractivity contribution in [1.82, 2.24) is 0 Å². The van der Waals surface area contributed by atoms with Gasteiger partial charge in [0.2, 0.25) is 0 Å². The van der Waals surface area contributed by atoms with Gasteiger partial charge in [0, 0.05) is 24.0 Å². The lowest BCUT2D eigenvalue weighted by atomic mass is 10.1. The number of hydrogen-bond donors (Lipinski definition) is 0. The van der Waals surface area contributed by atoms with E-state index in [0.717, 1.165) is 29.5 Å². The van der Waals surface area contributed by atoms with Crippen LogP contribution in [0.3, 0.4) is 0 Å². The number of carbonyl (C=O) groups is 2. The molecular formula is C20H20O4. The summed E-state index contributed by atoms with van der Waals surface area (Å²) in [6.07, 6.45) is 3.06. The summed E-state index contributed by atoms with van der Waals surface area (Å²) in [7, 11) is 3.17. The first-order valence-electron chi connectivity index (χ1n) is 8.03. The minimum absolute atomic E-state index is 0.195. The SMILES string of the molecule is COc1cc2c(cc1OC)C(=O)CC2.O=C1CCc2ccccc21. The van der Waals surface area contributed by atoms with Gasteiger partial charge in [-0.25, -0.2) is 0 Å². The lowest BCUT2D eigenvalue weighted by molar-refractivity contribution is 0.0986. The molecule has 0 atom stereocenters. The predicted octanol–water partition coefficient (Wildman–Crippen LogP) is 3.65. The first-order chi connectivity index (χ1) is 11.6. The quantitative estimate of drug-likeness (QED) is 0.846. The van der Waals surface area contributed by atoms with Crippen molar-refractivity contribution >= 4 is 11.6 Å².